The van der Waals surface area contributed by atoms with Crippen LogP contribution < -0.4 is 4.90 Å². The Kier molecular flexibility index (Phi) is 3.93. The van der Waals surface area contributed by atoms with Crippen molar-refractivity contribution in [3.8, 4) is 0 Å². The molecular formula is C15H23NO2. The molecule has 1 aromatic carbocycles. The van der Waals surface area contributed by atoms with E-state index in [1.165, 1.54) is 0 Å². The molecule has 2 rings (SSSR count). The SMILES string of the molecule is COC1(C)CCCN(c2ccccc2C(C)O)C1. The van der Waals surface area contributed by atoms with E-state index in [0.717, 1.165) is 37.2 Å². The van der Waals surface area contributed by atoms with Crippen LogP contribution in [0.4, 0.5) is 5.69 Å². The minimum atomic E-state index is -0.433. The monoisotopic (exact) mass is 249 g/mol. The molecule has 1 aromatic rings. The Bertz CT molecular complexity index is 405. The molecule has 0 saturated carbocycles. The van der Waals surface area contributed by atoms with Crippen molar-refractivity contribution in [1.29, 1.82) is 0 Å². The minimum Gasteiger partial charge on any atom is -0.389 e. The van der Waals surface area contributed by atoms with E-state index in [1.807, 2.05) is 25.1 Å². The third-order valence-corrected chi connectivity index (χ3v) is 3.88. The van der Waals surface area contributed by atoms with Gasteiger partial charge in [-0.05, 0) is 32.8 Å². The number of aliphatic hydroxyl groups excluding tert-OH is 1. The predicted octanol–water partition coefficient (Wildman–Crippen LogP) is 2.75. The van der Waals surface area contributed by atoms with Gasteiger partial charge in [-0.1, -0.05) is 18.2 Å². The summed E-state index contributed by atoms with van der Waals surface area (Å²) in [6.45, 7) is 5.89. The van der Waals surface area contributed by atoms with Gasteiger partial charge in [0.25, 0.3) is 0 Å². The molecule has 1 N–H and O–H groups in total. The lowest BCUT2D eigenvalue weighted by Crippen LogP contribution is -2.47. The van der Waals surface area contributed by atoms with Gasteiger partial charge in [0.1, 0.15) is 0 Å². The number of benzene rings is 1. The molecule has 3 heteroatoms. The van der Waals surface area contributed by atoms with Crippen molar-refractivity contribution in [2.45, 2.75) is 38.4 Å². The third kappa shape index (κ3) is 2.68. The Morgan fingerprint density at radius 3 is 2.78 bits per heavy atom. The molecular weight excluding hydrogens is 226 g/mol. The highest BCUT2D eigenvalue weighted by Gasteiger charge is 2.31. The summed E-state index contributed by atoms with van der Waals surface area (Å²) in [7, 11) is 1.78. The summed E-state index contributed by atoms with van der Waals surface area (Å²) in [5, 5.41) is 9.86. The number of ether oxygens (including phenoxy) is 1. The summed E-state index contributed by atoms with van der Waals surface area (Å²) < 4.78 is 5.63. The van der Waals surface area contributed by atoms with Crippen molar-refractivity contribution in [3.63, 3.8) is 0 Å². The molecule has 1 heterocycles. The van der Waals surface area contributed by atoms with E-state index in [-0.39, 0.29) is 5.60 Å². The van der Waals surface area contributed by atoms with E-state index < -0.39 is 6.10 Å². The van der Waals surface area contributed by atoms with Crippen molar-refractivity contribution in [3.05, 3.63) is 29.8 Å². The standard InChI is InChI=1S/C15H23NO2/c1-12(17)13-7-4-5-8-14(13)16-10-6-9-15(2,11-16)18-3/h4-5,7-8,12,17H,6,9-11H2,1-3H3. The lowest BCUT2D eigenvalue weighted by molar-refractivity contribution is -0.00476. The van der Waals surface area contributed by atoms with E-state index in [2.05, 4.69) is 17.9 Å². The van der Waals surface area contributed by atoms with Crippen LogP contribution >= 0.6 is 0 Å². The first-order valence-electron chi connectivity index (χ1n) is 6.63. The first kappa shape index (κ1) is 13.4. The number of para-hydroxylation sites is 1. The molecule has 0 spiro atoms. The lowest BCUT2D eigenvalue weighted by atomic mass is 9.93. The number of hydrogen-bond donors (Lipinski definition) is 1. The average Bonchev–Trinajstić information content (AvgIpc) is 2.39. The van der Waals surface area contributed by atoms with Crippen LogP contribution in [0.2, 0.25) is 0 Å². The largest absolute Gasteiger partial charge is 0.389 e. The van der Waals surface area contributed by atoms with Crippen LogP contribution in [-0.2, 0) is 4.74 Å². The Balaban J connectivity index is 2.26. The van der Waals surface area contributed by atoms with Gasteiger partial charge in [-0.3, -0.25) is 0 Å². The van der Waals surface area contributed by atoms with Gasteiger partial charge >= 0.3 is 0 Å². The number of methoxy groups -OCH3 is 1. The van der Waals surface area contributed by atoms with E-state index in [4.69, 9.17) is 4.74 Å². The van der Waals surface area contributed by atoms with Crippen molar-refractivity contribution in [2.24, 2.45) is 0 Å². The van der Waals surface area contributed by atoms with E-state index in [9.17, 15) is 5.11 Å². The molecule has 0 bridgehead atoms. The fraction of sp³-hybridized carbons (Fsp3) is 0.600. The highest BCUT2D eigenvalue weighted by molar-refractivity contribution is 5.55. The molecule has 0 aliphatic carbocycles. The Morgan fingerprint density at radius 2 is 2.11 bits per heavy atom. The third-order valence-electron chi connectivity index (χ3n) is 3.88. The molecule has 2 unspecified atom stereocenters. The van der Waals surface area contributed by atoms with Crippen LogP contribution in [0, 0.1) is 0 Å². The van der Waals surface area contributed by atoms with Crippen molar-refractivity contribution in [2.75, 3.05) is 25.1 Å². The highest BCUT2D eigenvalue weighted by Crippen LogP contribution is 2.32. The van der Waals surface area contributed by atoms with Crippen LogP contribution in [0.1, 0.15) is 38.4 Å². The summed E-state index contributed by atoms with van der Waals surface area (Å²) in [6, 6.07) is 8.09. The van der Waals surface area contributed by atoms with Gasteiger partial charge in [0, 0.05) is 31.5 Å². The molecule has 1 aliphatic heterocycles. The molecule has 0 amide bonds. The maximum absolute atomic E-state index is 9.86. The van der Waals surface area contributed by atoms with Crippen LogP contribution in [0.3, 0.4) is 0 Å². The topological polar surface area (TPSA) is 32.7 Å². The van der Waals surface area contributed by atoms with Gasteiger partial charge in [0.2, 0.25) is 0 Å². The Morgan fingerprint density at radius 1 is 1.39 bits per heavy atom. The molecule has 100 valence electrons. The number of nitrogens with zero attached hydrogens (tertiary/aromatic N) is 1. The van der Waals surface area contributed by atoms with Gasteiger partial charge in [0.15, 0.2) is 0 Å². The van der Waals surface area contributed by atoms with Gasteiger partial charge in [-0.2, -0.15) is 0 Å². The molecule has 0 aromatic heterocycles. The minimum absolute atomic E-state index is 0.0793. The zero-order chi connectivity index (χ0) is 13.2. The number of aliphatic hydroxyl groups is 1. The fourth-order valence-corrected chi connectivity index (χ4v) is 2.71. The molecule has 1 aliphatic rings. The smallest absolute Gasteiger partial charge is 0.0825 e. The Hall–Kier alpha value is -1.06. The quantitative estimate of drug-likeness (QED) is 0.894. The van der Waals surface area contributed by atoms with Crippen molar-refractivity contribution < 1.29 is 9.84 Å². The summed E-state index contributed by atoms with van der Waals surface area (Å²) in [5.41, 5.74) is 2.05. The maximum Gasteiger partial charge on any atom is 0.0825 e. The molecule has 0 radical (unpaired) electrons. The first-order chi connectivity index (χ1) is 8.56. The predicted molar refractivity (Wildman–Crippen MR) is 73.9 cm³/mol. The Labute approximate surface area is 109 Å². The molecule has 3 nitrogen and oxygen atoms in total. The van der Waals surface area contributed by atoms with Crippen molar-refractivity contribution >= 4 is 5.69 Å². The second-order valence-corrected chi connectivity index (χ2v) is 5.41. The molecule has 1 fully saturated rings. The van der Waals surface area contributed by atoms with Gasteiger partial charge in [-0.25, -0.2) is 0 Å². The zero-order valence-electron chi connectivity index (χ0n) is 11.5. The average molecular weight is 249 g/mol. The molecule has 2 atom stereocenters. The maximum atomic E-state index is 9.86. The van der Waals surface area contributed by atoms with Crippen LogP contribution in [0.5, 0.6) is 0 Å². The summed E-state index contributed by atoms with van der Waals surface area (Å²) in [6.07, 6.45) is 1.78. The summed E-state index contributed by atoms with van der Waals surface area (Å²) >= 11 is 0. The number of hydrogen-bond acceptors (Lipinski definition) is 3. The zero-order valence-corrected chi connectivity index (χ0v) is 11.5. The highest BCUT2D eigenvalue weighted by atomic mass is 16.5. The fourth-order valence-electron chi connectivity index (χ4n) is 2.71. The number of piperidine rings is 1. The van der Waals surface area contributed by atoms with E-state index in [1.54, 1.807) is 7.11 Å². The number of rotatable bonds is 3. The van der Waals surface area contributed by atoms with Crippen molar-refractivity contribution in [1.82, 2.24) is 0 Å². The number of anilines is 1. The molecule has 1 saturated heterocycles. The van der Waals surface area contributed by atoms with Crippen LogP contribution in [0.15, 0.2) is 24.3 Å². The van der Waals surface area contributed by atoms with Crippen LogP contribution in [0.25, 0.3) is 0 Å². The van der Waals surface area contributed by atoms with Crippen LogP contribution in [-0.4, -0.2) is 30.9 Å². The molecule has 18 heavy (non-hydrogen) atoms. The second-order valence-electron chi connectivity index (χ2n) is 5.41. The summed E-state index contributed by atoms with van der Waals surface area (Å²) in [5.74, 6) is 0. The normalized spacial score (nSPS) is 26.1. The van der Waals surface area contributed by atoms with Gasteiger partial charge < -0.3 is 14.7 Å². The first-order valence-corrected chi connectivity index (χ1v) is 6.63. The lowest BCUT2D eigenvalue weighted by Gasteiger charge is -2.41. The van der Waals surface area contributed by atoms with Gasteiger partial charge in [0.05, 0.1) is 11.7 Å². The van der Waals surface area contributed by atoms with E-state index in [0.29, 0.717) is 0 Å². The summed E-state index contributed by atoms with van der Waals surface area (Å²) in [4.78, 5) is 2.33. The van der Waals surface area contributed by atoms with Gasteiger partial charge in [-0.15, -0.1) is 0 Å². The second kappa shape index (κ2) is 5.29. The van der Waals surface area contributed by atoms with E-state index >= 15 is 0 Å².